The summed E-state index contributed by atoms with van der Waals surface area (Å²) < 4.78 is 0. The van der Waals surface area contributed by atoms with Crippen molar-refractivity contribution in [2.24, 2.45) is 0 Å². The van der Waals surface area contributed by atoms with Crippen molar-refractivity contribution in [3.63, 3.8) is 0 Å². The van der Waals surface area contributed by atoms with Crippen molar-refractivity contribution >= 4 is 0 Å². The molecule has 100 valence electrons. The first-order chi connectivity index (χ1) is 8.99. The Morgan fingerprint density at radius 2 is 1.32 bits per heavy atom. The molecule has 0 aromatic heterocycles. The Morgan fingerprint density at radius 3 is 1.84 bits per heavy atom. The molecule has 0 aliphatic heterocycles. The monoisotopic (exact) mass is 253 g/mol. The molecule has 0 heterocycles. The number of hydrogen-bond donors (Lipinski definition) is 0. The van der Waals surface area contributed by atoms with Crippen LogP contribution in [0.1, 0.15) is 19.4 Å². The zero-order valence-corrected chi connectivity index (χ0v) is 12.4. The van der Waals surface area contributed by atoms with Gasteiger partial charge in [-0.15, -0.1) is 0 Å². The topological polar surface area (TPSA) is 3.24 Å². The molecule has 0 amide bonds. The van der Waals surface area contributed by atoms with Crippen molar-refractivity contribution in [2.75, 3.05) is 14.1 Å². The lowest BCUT2D eigenvalue weighted by Gasteiger charge is -2.32. The number of benzene rings is 2. The molecule has 0 atom stereocenters. The second-order valence-electron chi connectivity index (χ2n) is 5.95. The molecular weight excluding hydrogens is 230 g/mol. The van der Waals surface area contributed by atoms with Gasteiger partial charge in [0, 0.05) is 5.54 Å². The second-order valence-corrected chi connectivity index (χ2v) is 5.95. The van der Waals surface area contributed by atoms with Crippen LogP contribution in [0.5, 0.6) is 0 Å². The lowest BCUT2D eigenvalue weighted by Crippen LogP contribution is -2.40. The third-order valence-electron chi connectivity index (χ3n) is 3.91. The molecule has 0 aliphatic carbocycles. The maximum Gasteiger partial charge on any atom is 0.0187 e. The summed E-state index contributed by atoms with van der Waals surface area (Å²) in [6, 6.07) is 19.4. The first kappa shape index (κ1) is 13.8. The predicted octanol–water partition coefficient (Wildman–Crippen LogP) is 4.24. The average molecular weight is 253 g/mol. The molecule has 0 unspecified atom stereocenters. The Bertz CT molecular complexity index is 509. The highest BCUT2D eigenvalue weighted by Crippen LogP contribution is 2.22. The molecule has 0 saturated heterocycles. The summed E-state index contributed by atoms with van der Waals surface area (Å²) >= 11 is 0. The molecule has 0 N–H and O–H groups in total. The number of likely N-dealkylation sites (N-methyl/N-ethyl adjacent to an activating group) is 1. The van der Waals surface area contributed by atoms with E-state index < -0.39 is 0 Å². The van der Waals surface area contributed by atoms with E-state index in [1.54, 1.807) is 0 Å². The number of rotatable bonds is 4. The third kappa shape index (κ3) is 3.45. The van der Waals surface area contributed by atoms with Crippen molar-refractivity contribution in [1.82, 2.24) is 4.90 Å². The highest BCUT2D eigenvalue weighted by molar-refractivity contribution is 5.63. The van der Waals surface area contributed by atoms with E-state index in [-0.39, 0.29) is 5.54 Å². The summed E-state index contributed by atoms with van der Waals surface area (Å²) in [6.07, 6.45) is 1.06. The summed E-state index contributed by atoms with van der Waals surface area (Å²) in [5.41, 5.74) is 4.14. The minimum Gasteiger partial charge on any atom is -0.304 e. The Labute approximate surface area is 116 Å². The molecule has 1 heteroatoms. The van der Waals surface area contributed by atoms with Crippen LogP contribution in [0.15, 0.2) is 54.6 Å². The summed E-state index contributed by atoms with van der Waals surface area (Å²) in [6.45, 7) is 4.55. The van der Waals surface area contributed by atoms with E-state index >= 15 is 0 Å². The fraction of sp³-hybridized carbons (Fsp3) is 0.333. The van der Waals surface area contributed by atoms with Gasteiger partial charge >= 0.3 is 0 Å². The van der Waals surface area contributed by atoms with Gasteiger partial charge in [-0.3, -0.25) is 0 Å². The van der Waals surface area contributed by atoms with Gasteiger partial charge in [0.05, 0.1) is 0 Å². The van der Waals surface area contributed by atoms with Gasteiger partial charge in [0.1, 0.15) is 0 Å². The molecule has 0 saturated carbocycles. The van der Waals surface area contributed by atoms with Gasteiger partial charge in [-0.1, -0.05) is 54.6 Å². The quantitative estimate of drug-likeness (QED) is 0.788. The maximum atomic E-state index is 2.28. The lowest BCUT2D eigenvalue weighted by molar-refractivity contribution is 0.195. The Morgan fingerprint density at radius 1 is 0.789 bits per heavy atom. The molecule has 2 rings (SSSR count). The normalized spacial score (nSPS) is 11.8. The van der Waals surface area contributed by atoms with Crippen molar-refractivity contribution in [1.29, 1.82) is 0 Å². The summed E-state index contributed by atoms with van der Waals surface area (Å²) in [5, 5.41) is 0. The Kier molecular flexibility index (Phi) is 4.06. The molecule has 19 heavy (non-hydrogen) atoms. The molecule has 0 bridgehead atoms. The molecule has 2 aromatic rings. The minimum absolute atomic E-state index is 0.189. The van der Waals surface area contributed by atoms with Gasteiger partial charge in [-0.05, 0) is 51.1 Å². The van der Waals surface area contributed by atoms with E-state index in [0.29, 0.717) is 0 Å². The lowest BCUT2D eigenvalue weighted by atomic mass is 9.92. The molecule has 2 aromatic carbocycles. The zero-order valence-electron chi connectivity index (χ0n) is 12.4. The molecule has 0 fully saturated rings. The number of hydrogen-bond acceptors (Lipinski definition) is 1. The van der Waals surface area contributed by atoms with Crippen LogP contribution in [-0.4, -0.2) is 24.5 Å². The first-order valence-corrected chi connectivity index (χ1v) is 6.81. The van der Waals surface area contributed by atoms with Gasteiger partial charge in [0.2, 0.25) is 0 Å². The van der Waals surface area contributed by atoms with E-state index in [1.165, 1.54) is 16.7 Å². The first-order valence-electron chi connectivity index (χ1n) is 6.81. The smallest absolute Gasteiger partial charge is 0.0187 e. The van der Waals surface area contributed by atoms with Crippen LogP contribution in [0, 0.1) is 0 Å². The van der Waals surface area contributed by atoms with Crippen LogP contribution in [0.25, 0.3) is 11.1 Å². The van der Waals surface area contributed by atoms with Crippen molar-refractivity contribution in [3.05, 3.63) is 60.2 Å². The van der Waals surface area contributed by atoms with Crippen LogP contribution in [-0.2, 0) is 6.42 Å². The van der Waals surface area contributed by atoms with Gasteiger partial charge < -0.3 is 4.90 Å². The van der Waals surface area contributed by atoms with Gasteiger partial charge in [0.25, 0.3) is 0 Å². The van der Waals surface area contributed by atoms with E-state index in [9.17, 15) is 0 Å². The summed E-state index contributed by atoms with van der Waals surface area (Å²) in [5.74, 6) is 0. The summed E-state index contributed by atoms with van der Waals surface area (Å²) in [4.78, 5) is 2.28. The Balaban J connectivity index is 2.16. The SMILES string of the molecule is CN(C)C(C)(C)Cc1ccc(-c2ccccc2)cc1. The molecule has 1 nitrogen and oxygen atoms in total. The van der Waals surface area contributed by atoms with E-state index in [1.807, 2.05) is 0 Å². The molecule has 0 spiro atoms. The van der Waals surface area contributed by atoms with Crippen molar-refractivity contribution < 1.29 is 0 Å². The molecule has 0 radical (unpaired) electrons. The fourth-order valence-corrected chi connectivity index (χ4v) is 2.10. The highest BCUT2D eigenvalue weighted by atomic mass is 15.1. The fourth-order valence-electron chi connectivity index (χ4n) is 2.10. The average Bonchev–Trinajstić information content (AvgIpc) is 2.40. The van der Waals surface area contributed by atoms with Gasteiger partial charge in [-0.25, -0.2) is 0 Å². The van der Waals surface area contributed by atoms with Crippen molar-refractivity contribution in [2.45, 2.75) is 25.8 Å². The van der Waals surface area contributed by atoms with Crippen LogP contribution >= 0.6 is 0 Å². The molecule has 0 aliphatic rings. The van der Waals surface area contributed by atoms with Crippen LogP contribution in [0.4, 0.5) is 0 Å². The Hall–Kier alpha value is -1.60. The zero-order chi connectivity index (χ0) is 13.9. The largest absolute Gasteiger partial charge is 0.304 e. The standard InChI is InChI=1S/C18H23N/c1-18(2,19(3)4)14-15-10-12-17(13-11-15)16-8-6-5-7-9-16/h5-13H,14H2,1-4H3. The van der Waals surface area contributed by atoms with E-state index in [2.05, 4.69) is 87.4 Å². The highest BCUT2D eigenvalue weighted by Gasteiger charge is 2.20. The van der Waals surface area contributed by atoms with Gasteiger partial charge in [0.15, 0.2) is 0 Å². The summed E-state index contributed by atoms with van der Waals surface area (Å²) in [7, 11) is 4.27. The number of nitrogens with zero attached hydrogens (tertiary/aromatic N) is 1. The third-order valence-corrected chi connectivity index (χ3v) is 3.91. The van der Waals surface area contributed by atoms with Crippen LogP contribution < -0.4 is 0 Å². The predicted molar refractivity (Wildman–Crippen MR) is 83.3 cm³/mol. The molecular formula is C18H23N. The van der Waals surface area contributed by atoms with Gasteiger partial charge in [-0.2, -0.15) is 0 Å². The second kappa shape index (κ2) is 5.58. The minimum atomic E-state index is 0.189. The van der Waals surface area contributed by atoms with Crippen LogP contribution in [0.3, 0.4) is 0 Å². The van der Waals surface area contributed by atoms with Crippen LogP contribution in [0.2, 0.25) is 0 Å². The van der Waals surface area contributed by atoms with E-state index in [4.69, 9.17) is 0 Å². The maximum absolute atomic E-state index is 2.28. The van der Waals surface area contributed by atoms with E-state index in [0.717, 1.165) is 6.42 Å². The van der Waals surface area contributed by atoms with Crippen molar-refractivity contribution in [3.8, 4) is 11.1 Å².